The Morgan fingerprint density at radius 1 is 1.19 bits per heavy atom. The van der Waals surface area contributed by atoms with Gasteiger partial charge < -0.3 is 19.5 Å². The fourth-order valence-electron chi connectivity index (χ4n) is 2.01. The van der Waals surface area contributed by atoms with Gasteiger partial charge in [-0.05, 0) is 24.3 Å². The van der Waals surface area contributed by atoms with Crippen molar-refractivity contribution >= 4 is 21.6 Å². The summed E-state index contributed by atoms with van der Waals surface area (Å²) >= 11 is 0. The summed E-state index contributed by atoms with van der Waals surface area (Å²) in [6, 6.07) is 6.96. The zero-order chi connectivity index (χ0) is 19.2. The summed E-state index contributed by atoms with van der Waals surface area (Å²) in [5.41, 5.74) is 0.427. The van der Waals surface area contributed by atoms with Crippen LogP contribution in [0.25, 0.3) is 0 Å². The molecule has 0 saturated carbocycles. The van der Waals surface area contributed by atoms with E-state index in [0.717, 1.165) is 6.07 Å². The standard InChI is InChI=1S/C16H19N3O6S/c1-23-7-8-25-15-6-3-11(10-18-15)19-16(20)13-9-12(26(17,21)22)4-5-14(13)24-2/h3-6,9-10H,7-8H2,1-2H3,(H,19,20)(H2,17,21,22). The Bertz CT molecular complexity index is 868. The topological polar surface area (TPSA) is 130 Å². The lowest BCUT2D eigenvalue weighted by molar-refractivity contribution is 0.102. The van der Waals surface area contributed by atoms with E-state index in [1.54, 1.807) is 19.2 Å². The number of nitrogens with two attached hydrogens (primary N) is 1. The van der Waals surface area contributed by atoms with Gasteiger partial charge in [-0.25, -0.2) is 18.5 Å². The number of nitrogens with one attached hydrogen (secondary N) is 1. The van der Waals surface area contributed by atoms with Crippen molar-refractivity contribution in [1.82, 2.24) is 4.98 Å². The molecule has 10 heteroatoms. The first-order valence-corrected chi connectivity index (χ1v) is 8.99. The maximum Gasteiger partial charge on any atom is 0.259 e. The van der Waals surface area contributed by atoms with Crippen molar-refractivity contribution in [3.05, 3.63) is 42.1 Å². The molecule has 140 valence electrons. The van der Waals surface area contributed by atoms with E-state index in [1.165, 1.54) is 25.4 Å². The highest BCUT2D eigenvalue weighted by atomic mass is 32.2. The lowest BCUT2D eigenvalue weighted by atomic mass is 10.2. The third kappa shape index (κ3) is 5.15. The predicted molar refractivity (Wildman–Crippen MR) is 93.9 cm³/mol. The zero-order valence-electron chi connectivity index (χ0n) is 14.3. The highest BCUT2D eigenvalue weighted by Gasteiger charge is 2.17. The van der Waals surface area contributed by atoms with Gasteiger partial charge in [0.05, 0.1) is 36.1 Å². The van der Waals surface area contributed by atoms with Gasteiger partial charge in [-0.15, -0.1) is 0 Å². The molecule has 26 heavy (non-hydrogen) atoms. The number of pyridine rings is 1. The van der Waals surface area contributed by atoms with Crippen molar-refractivity contribution in [2.24, 2.45) is 5.14 Å². The number of anilines is 1. The largest absolute Gasteiger partial charge is 0.496 e. The molecule has 0 unspecified atom stereocenters. The van der Waals surface area contributed by atoms with Crippen LogP contribution in [0.5, 0.6) is 11.6 Å². The minimum absolute atomic E-state index is 0.0273. The van der Waals surface area contributed by atoms with Gasteiger partial charge in [-0.2, -0.15) is 0 Å². The Labute approximate surface area is 151 Å². The molecule has 0 saturated heterocycles. The number of benzene rings is 1. The Kier molecular flexibility index (Phi) is 6.50. The van der Waals surface area contributed by atoms with Crippen molar-refractivity contribution in [3.63, 3.8) is 0 Å². The van der Waals surface area contributed by atoms with Crippen LogP contribution in [0.3, 0.4) is 0 Å². The van der Waals surface area contributed by atoms with E-state index in [4.69, 9.17) is 19.3 Å². The summed E-state index contributed by atoms with van der Waals surface area (Å²) in [4.78, 5) is 16.3. The van der Waals surface area contributed by atoms with Crippen LogP contribution in [0.2, 0.25) is 0 Å². The maximum atomic E-state index is 12.5. The van der Waals surface area contributed by atoms with E-state index in [1.807, 2.05) is 0 Å². The number of hydrogen-bond donors (Lipinski definition) is 2. The van der Waals surface area contributed by atoms with E-state index in [2.05, 4.69) is 10.3 Å². The van der Waals surface area contributed by atoms with Gasteiger partial charge >= 0.3 is 0 Å². The number of hydrogen-bond acceptors (Lipinski definition) is 7. The van der Waals surface area contributed by atoms with Gasteiger partial charge in [0.25, 0.3) is 5.91 Å². The monoisotopic (exact) mass is 381 g/mol. The Morgan fingerprint density at radius 2 is 1.96 bits per heavy atom. The predicted octanol–water partition coefficient (Wildman–Crippen LogP) is 1.02. The van der Waals surface area contributed by atoms with Crippen molar-refractivity contribution in [3.8, 4) is 11.6 Å². The third-order valence-electron chi connectivity index (χ3n) is 3.28. The van der Waals surface area contributed by atoms with Crippen molar-refractivity contribution in [2.75, 3.05) is 32.8 Å². The molecule has 3 N–H and O–H groups in total. The molecule has 1 aromatic carbocycles. The quantitative estimate of drug-likeness (QED) is 0.653. The molecule has 0 bridgehead atoms. The molecule has 2 aromatic rings. The van der Waals surface area contributed by atoms with Crippen molar-refractivity contribution < 1.29 is 27.4 Å². The number of primary sulfonamides is 1. The normalized spacial score (nSPS) is 11.0. The highest BCUT2D eigenvalue weighted by molar-refractivity contribution is 7.89. The smallest absolute Gasteiger partial charge is 0.259 e. The highest BCUT2D eigenvalue weighted by Crippen LogP contribution is 2.23. The second-order valence-electron chi connectivity index (χ2n) is 5.09. The van der Waals surface area contributed by atoms with Gasteiger partial charge in [0.15, 0.2) is 0 Å². The molecule has 1 heterocycles. The van der Waals surface area contributed by atoms with Crippen LogP contribution in [0.1, 0.15) is 10.4 Å². The fraction of sp³-hybridized carbons (Fsp3) is 0.250. The Balaban J connectivity index is 2.16. The van der Waals surface area contributed by atoms with Crippen LogP contribution < -0.4 is 19.9 Å². The SMILES string of the molecule is COCCOc1ccc(NC(=O)c2cc(S(N)(=O)=O)ccc2OC)cn1. The first-order valence-electron chi connectivity index (χ1n) is 7.45. The molecule has 0 fully saturated rings. The molecule has 1 amide bonds. The summed E-state index contributed by atoms with van der Waals surface area (Å²) in [6.45, 7) is 0.785. The fourth-order valence-corrected chi connectivity index (χ4v) is 2.55. The van der Waals surface area contributed by atoms with Crippen LogP contribution in [-0.2, 0) is 14.8 Å². The number of amides is 1. The summed E-state index contributed by atoms with van der Waals surface area (Å²) in [5.74, 6) is 0.0263. The molecule has 9 nitrogen and oxygen atoms in total. The second kappa shape index (κ2) is 8.61. The summed E-state index contributed by atoms with van der Waals surface area (Å²) in [7, 11) is -1.01. The molecular weight excluding hydrogens is 362 g/mol. The van der Waals surface area contributed by atoms with E-state index < -0.39 is 15.9 Å². The average Bonchev–Trinajstić information content (AvgIpc) is 2.62. The lowest BCUT2D eigenvalue weighted by Gasteiger charge is -2.11. The molecule has 1 aromatic heterocycles. The molecule has 0 aliphatic rings. The number of carbonyl (C=O) groups is 1. The third-order valence-corrected chi connectivity index (χ3v) is 4.19. The van der Waals surface area contributed by atoms with E-state index in [9.17, 15) is 13.2 Å². The molecular formula is C16H19N3O6S. The number of rotatable bonds is 8. The number of aromatic nitrogens is 1. The van der Waals surface area contributed by atoms with Crippen LogP contribution in [0, 0.1) is 0 Å². The van der Waals surface area contributed by atoms with Gasteiger partial charge in [0.2, 0.25) is 15.9 Å². The van der Waals surface area contributed by atoms with Gasteiger partial charge in [-0.1, -0.05) is 0 Å². The maximum absolute atomic E-state index is 12.5. The number of ether oxygens (including phenoxy) is 3. The molecule has 0 radical (unpaired) electrons. The lowest BCUT2D eigenvalue weighted by Crippen LogP contribution is -2.17. The van der Waals surface area contributed by atoms with Crippen molar-refractivity contribution in [1.29, 1.82) is 0 Å². The first-order chi connectivity index (χ1) is 12.3. The summed E-state index contributed by atoms with van der Waals surface area (Å²) in [6.07, 6.45) is 1.41. The first kappa shape index (κ1) is 19.6. The summed E-state index contributed by atoms with van der Waals surface area (Å²) in [5, 5.41) is 7.71. The molecule has 0 aliphatic carbocycles. The number of sulfonamides is 1. The summed E-state index contributed by atoms with van der Waals surface area (Å²) < 4.78 is 38.3. The number of nitrogens with zero attached hydrogens (tertiary/aromatic N) is 1. The van der Waals surface area contributed by atoms with E-state index >= 15 is 0 Å². The van der Waals surface area contributed by atoms with E-state index in [-0.39, 0.29) is 16.2 Å². The molecule has 0 atom stereocenters. The van der Waals surface area contributed by atoms with Gasteiger partial charge in [-0.3, -0.25) is 4.79 Å². The Morgan fingerprint density at radius 3 is 2.54 bits per heavy atom. The van der Waals surface area contributed by atoms with Crippen LogP contribution in [0.15, 0.2) is 41.4 Å². The van der Waals surface area contributed by atoms with Crippen LogP contribution in [0.4, 0.5) is 5.69 Å². The van der Waals surface area contributed by atoms with Gasteiger partial charge in [0, 0.05) is 13.2 Å². The molecule has 2 rings (SSSR count). The minimum atomic E-state index is -3.95. The Hall–Kier alpha value is -2.69. The van der Waals surface area contributed by atoms with E-state index in [0.29, 0.717) is 24.8 Å². The second-order valence-corrected chi connectivity index (χ2v) is 6.65. The average molecular weight is 381 g/mol. The van der Waals surface area contributed by atoms with Crippen LogP contribution >= 0.6 is 0 Å². The van der Waals surface area contributed by atoms with Crippen molar-refractivity contribution in [2.45, 2.75) is 4.90 Å². The number of carbonyl (C=O) groups excluding carboxylic acids is 1. The molecule has 0 aliphatic heterocycles. The zero-order valence-corrected chi connectivity index (χ0v) is 15.1. The van der Waals surface area contributed by atoms with Crippen LogP contribution in [-0.4, -0.2) is 46.7 Å². The molecule has 0 spiro atoms. The minimum Gasteiger partial charge on any atom is -0.496 e. The van der Waals surface area contributed by atoms with Gasteiger partial charge in [0.1, 0.15) is 12.4 Å². The number of methoxy groups -OCH3 is 2.